The summed E-state index contributed by atoms with van der Waals surface area (Å²) in [6.07, 6.45) is 10.3. The molecule has 0 saturated carbocycles. The van der Waals surface area contributed by atoms with Crippen LogP contribution in [0.5, 0.6) is 0 Å². The quantitative estimate of drug-likeness (QED) is 0.570. The van der Waals surface area contributed by atoms with Gasteiger partial charge in [-0.05, 0) is 6.42 Å². The Labute approximate surface area is 78.4 Å². The van der Waals surface area contributed by atoms with E-state index in [1.54, 1.807) is 17.1 Å². The molecule has 0 bridgehead atoms. The van der Waals surface area contributed by atoms with Crippen molar-refractivity contribution in [2.45, 2.75) is 19.4 Å². The lowest BCUT2D eigenvalue weighted by atomic mass is 10.3. The van der Waals surface area contributed by atoms with Crippen LogP contribution in [0, 0.1) is 12.3 Å². The highest BCUT2D eigenvalue weighted by Gasteiger charge is 1.91. The summed E-state index contributed by atoms with van der Waals surface area (Å²) in [7, 11) is 0. The third-order valence-electron chi connectivity index (χ3n) is 1.36. The predicted octanol–water partition coefficient (Wildman–Crippen LogP) is 1.30. The van der Waals surface area contributed by atoms with E-state index in [0.717, 1.165) is 19.4 Å². The first-order valence-electron chi connectivity index (χ1n) is 3.54. The molecule has 3 nitrogen and oxygen atoms in total. The molecule has 0 aromatic carbocycles. The summed E-state index contributed by atoms with van der Waals surface area (Å²) in [4.78, 5) is 0. The molecule has 1 heterocycles. The zero-order chi connectivity index (χ0) is 8.10. The fraction of sp³-hybridized carbons (Fsp3) is 0.375. The second-order valence-electron chi connectivity index (χ2n) is 2.34. The van der Waals surface area contributed by atoms with Gasteiger partial charge >= 0.3 is 0 Å². The number of rotatable bonds is 3. The second-order valence-corrected chi connectivity index (χ2v) is 2.34. The van der Waals surface area contributed by atoms with Gasteiger partial charge in [0.15, 0.2) is 0 Å². The molecule has 1 aromatic rings. The Hall–Kier alpha value is -1.14. The van der Waals surface area contributed by atoms with Crippen LogP contribution in [-0.4, -0.2) is 9.78 Å². The van der Waals surface area contributed by atoms with Gasteiger partial charge in [-0.15, -0.1) is 24.8 Å². The molecule has 0 radical (unpaired) electrons. The number of terminal acetylenes is 1. The van der Waals surface area contributed by atoms with Crippen LogP contribution >= 0.6 is 12.4 Å². The molecule has 0 spiro atoms. The van der Waals surface area contributed by atoms with E-state index in [0.29, 0.717) is 5.69 Å². The summed E-state index contributed by atoms with van der Waals surface area (Å²) in [6, 6.07) is 0. The minimum atomic E-state index is 0. The van der Waals surface area contributed by atoms with Gasteiger partial charge in [-0.1, -0.05) is 0 Å². The van der Waals surface area contributed by atoms with Crippen molar-refractivity contribution in [3.63, 3.8) is 0 Å². The van der Waals surface area contributed by atoms with Crippen molar-refractivity contribution in [2.75, 3.05) is 5.73 Å². The number of unbranched alkanes of at least 4 members (excludes halogenated alkanes) is 1. The predicted molar refractivity (Wildman–Crippen MR) is 52.0 cm³/mol. The van der Waals surface area contributed by atoms with Crippen LogP contribution < -0.4 is 5.73 Å². The third kappa shape index (κ3) is 3.31. The number of halogens is 1. The molecule has 0 amide bonds. The van der Waals surface area contributed by atoms with Gasteiger partial charge < -0.3 is 5.73 Å². The first-order chi connectivity index (χ1) is 5.33. The molecule has 0 aliphatic rings. The van der Waals surface area contributed by atoms with Gasteiger partial charge in [-0.25, -0.2) is 0 Å². The second kappa shape index (κ2) is 5.50. The SMILES string of the molecule is C#CCCCn1cc(N)cn1.Cl. The van der Waals surface area contributed by atoms with Gasteiger partial charge in [0.1, 0.15) is 0 Å². The summed E-state index contributed by atoms with van der Waals surface area (Å²) in [5.41, 5.74) is 6.16. The maximum atomic E-state index is 5.46. The van der Waals surface area contributed by atoms with Crippen molar-refractivity contribution in [3.05, 3.63) is 12.4 Å². The van der Waals surface area contributed by atoms with Crippen molar-refractivity contribution in [1.29, 1.82) is 0 Å². The number of nitrogens with zero attached hydrogens (tertiary/aromatic N) is 2. The van der Waals surface area contributed by atoms with Crippen LogP contribution in [-0.2, 0) is 6.54 Å². The molecule has 0 unspecified atom stereocenters. The van der Waals surface area contributed by atoms with Gasteiger partial charge in [0.2, 0.25) is 0 Å². The van der Waals surface area contributed by atoms with E-state index in [9.17, 15) is 0 Å². The van der Waals surface area contributed by atoms with E-state index in [1.165, 1.54) is 0 Å². The normalized spacial score (nSPS) is 8.58. The molecular formula is C8H12ClN3. The Morgan fingerprint density at radius 2 is 2.42 bits per heavy atom. The van der Waals surface area contributed by atoms with Gasteiger partial charge in [0.05, 0.1) is 11.9 Å². The molecule has 4 heteroatoms. The lowest BCUT2D eigenvalue weighted by molar-refractivity contribution is 0.587. The molecule has 0 aliphatic carbocycles. The van der Waals surface area contributed by atoms with Gasteiger partial charge in [-0.2, -0.15) is 5.10 Å². The molecule has 0 atom stereocenters. The van der Waals surface area contributed by atoms with Crippen LogP contribution in [0.3, 0.4) is 0 Å². The molecule has 0 fully saturated rings. The molecule has 1 rings (SSSR count). The van der Waals surface area contributed by atoms with Crippen LogP contribution in [0.15, 0.2) is 12.4 Å². The summed E-state index contributed by atoms with van der Waals surface area (Å²) in [5, 5.41) is 4.01. The highest BCUT2D eigenvalue weighted by Crippen LogP contribution is 1.99. The average molecular weight is 186 g/mol. The van der Waals surface area contributed by atoms with E-state index in [-0.39, 0.29) is 12.4 Å². The lowest BCUT2D eigenvalue weighted by Crippen LogP contribution is -1.97. The van der Waals surface area contributed by atoms with E-state index in [2.05, 4.69) is 11.0 Å². The van der Waals surface area contributed by atoms with E-state index < -0.39 is 0 Å². The summed E-state index contributed by atoms with van der Waals surface area (Å²) in [6.45, 7) is 0.849. The number of hydrogen-bond donors (Lipinski definition) is 1. The van der Waals surface area contributed by atoms with Crippen molar-refractivity contribution in [2.24, 2.45) is 0 Å². The Morgan fingerprint density at radius 3 is 2.92 bits per heavy atom. The number of nitrogens with two attached hydrogens (primary N) is 1. The topological polar surface area (TPSA) is 43.8 Å². The number of aromatic nitrogens is 2. The highest BCUT2D eigenvalue weighted by molar-refractivity contribution is 5.85. The first-order valence-corrected chi connectivity index (χ1v) is 3.54. The average Bonchev–Trinajstić information content (AvgIpc) is 2.37. The zero-order valence-electron chi connectivity index (χ0n) is 6.73. The third-order valence-corrected chi connectivity index (χ3v) is 1.36. The Balaban J connectivity index is 0.00000121. The maximum Gasteiger partial charge on any atom is 0.0719 e. The minimum Gasteiger partial charge on any atom is -0.396 e. The Kier molecular flexibility index (Phi) is 4.98. The van der Waals surface area contributed by atoms with Crippen molar-refractivity contribution >= 4 is 18.1 Å². The number of anilines is 1. The number of aryl methyl sites for hydroxylation is 1. The fourth-order valence-electron chi connectivity index (χ4n) is 0.845. The number of nitrogen functional groups attached to an aromatic ring is 1. The van der Waals surface area contributed by atoms with E-state index in [1.807, 2.05) is 0 Å². The summed E-state index contributed by atoms with van der Waals surface area (Å²) >= 11 is 0. The van der Waals surface area contributed by atoms with Crippen molar-refractivity contribution in [1.82, 2.24) is 9.78 Å². The largest absolute Gasteiger partial charge is 0.396 e. The molecular weight excluding hydrogens is 174 g/mol. The zero-order valence-corrected chi connectivity index (χ0v) is 7.55. The smallest absolute Gasteiger partial charge is 0.0719 e. The first kappa shape index (κ1) is 10.9. The van der Waals surface area contributed by atoms with Crippen LogP contribution in [0.1, 0.15) is 12.8 Å². The van der Waals surface area contributed by atoms with Crippen LogP contribution in [0.4, 0.5) is 5.69 Å². The van der Waals surface area contributed by atoms with Crippen molar-refractivity contribution < 1.29 is 0 Å². The monoisotopic (exact) mass is 185 g/mol. The minimum absolute atomic E-state index is 0. The van der Waals surface area contributed by atoms with E-state index in [4.69, 9.17) is 12.2 Å². The molecule has 2 N–H and O–H groups in total. The van der Waals surface area contributed by atoms with Gasteiger partial charge in [0.25, 0.3) is 0 Å². The summed E-state index contributed by atoms with van der Waals surface area (Å²) < 4.78 is 1.80. The van der Waals surface area contributed by atoms with Gasteiger partial charge in [0, 0.05) is 19.2 Å². The maximum absolute atomic E-state index is 5.46. The molecule has 12 heavy (non-hydrogen) atoms. The summed E-state index contributed by atoms with van der Waals surface area (Å²) in [5.74, 6) is 2.57. The van der Waals surface area contributed by atoms with Crippen molar-refractivity contribution in [3.8, 4) is 12.3 Å². The Bertz CT molecular complexity index is 262. The molecule has 66 valence electrons. The molecule has 0 saturated heterocycles. The van der Waals surface area contributed by atoms with Crippen LogP contribution in [0.2, 0.25) is 0 Å². The molecule has 0 aliphatic heterocycles. The molecule has 1 aromatic heterocycles. The lowest BCUT2D eigenvalue weighted by Gasteiger charge is -1.95. The van der Waals surface area contributed by atoms with Gasteiger partial charge in [-0.3, -0.25) is 4.68 Å². The highest BCUT2D eigenvalue weighted by atomic mass is 35.5. The van der Waals surface area contributed by atoms with E-state index >= 15 is 0 Å². The standard InChI is InChI=1S/C8H11N3.ClH/c1-2-3-4-5-11-7-8(9)6-10-11;/h1,6-7H,3-5,9H2;1H. The fourth-order valence-corrected chi connectivity index (χ4v) is 0.845. The number of hydrogen-bond acceptors (Lipinski definition) is 2. The van der Waals surface area contributed by atoms with Crippen LogP contribution in [0.25, 0.3) is 0 Å². The Morgan fingerprint density at radius 1 is 1.67 bits per heavy atom.